The Morgan fingerprint density at radius 2 is 1.65 bits per heavy atom. The van der Waals surface area contributed by atoms with E-state index in [0.717, 1.165) is 44.1 Å². The lowest BCUT2D eigenvalue weighted by molar-refractivity contribution is 0.0224. The number of ether oxygens (including phenoxy) is 2. The molecule has 0 bridgehead atoms. The fourth-order valence-corrected chi connectivity index (χ4v) is 4.38. The van der Waals surface area contributed by atoms with Crippen LogP contribution in [-0.4, -0.2) is 45.9 Å². The first kappa shape index (κ1) is 23.4. The van der Waals surface area contributed by atoms with Gasteiger partial charge in [-0.25, -0.2) is 14.6 Å². The molecule has 2 amide bonds. The summed E-state index contributed by atoms with van der Waals surface area (Å²) < 4.78 is 11.4. The number of amides is 2. The molecule has 1 aliphatic carbocycles. The summed E-state index contributed by atoms with van der Waals surface area (Å²) in [5.41, 5.74) is -0.281. The average molecular weight is 432 g/mol. The van der Waals surface area contributed by atoms with E-state index in [0.29, 0.717) is 12.4 Å². The van der Waals surface area contributed by atoms with Crippen molar-refractivity contribution in [2.45, 2.75) is 103 Å². The number of aromatic nitrogens is 1. The van der Waals surface area contributed by atoms with Crippen molar-refractivity contribution < 1.29 is 19.1 Å². The van der Waals surface area contributed by atoms with Gasteiger partial charge in [0.05, 0.1) is 6.04 Å². The van der Waals surface area contributed by atoms with Crippen molar-refractivity contribution in [2.24, 2.45) is 0 Å². The van der Waals surface area contributed by atoms with Gasteiger partial charge in [-0.05, 0) is 73.3 Å². The number of anilines is 1. The second-order valence-corrected chi connectivity index (χ2v) is 10.5. The second-order valence-electron chi connectivity index (χ2n) is 10.5. The van der Waals surface area contributed by atoms with E-state index in [4.69, 9.17) is 9.47 Å². The lowest BCUT2D eigenvalue weighted by Gasteiger charge is -2.34. The highest BCUT2D eigenvalue weighted by atomic mass is 16.6. The quantitative estimate of drug-likeness (QED) is 0.601. The monoisotopic (exact) mass is 431 g/mol. The highest BCUT2D eigenvalue weighted by Gasteiger charge is 2.39. The standard InChI is InChI=1S/C24H37N3O4/c1-23(2,3)30-21(28)26-16-10-14-19(26)18-13-9-15-25-20(18)27(17-11-7-8-12-17)22(29)31-24(4,5)6/h9,13,15,17,19H,7-8,10-12,14,16H2,1-6H3/t19-/m0/s1. The summed E-state index contributed by atoms with van der Waals surface area (Å²) >= 11 is 0. The van der Waals surface area contributed by atoms with Crippen molar-refractivity contribution in [2.75, 3.05) is 11.4 Å². The lowest BCUT2D eigenvalue weighted by Crippen LogP contribution is -2.44. The molecule has 1 aromatic heterocycles. The zero-order valence-electron chi connectivity index (χ0n) is 19.8. The maximum Gasteiger partial charge on any atom is 0.416 e. The maximum atomic E-state index is 13.3. The molecule has 7 nitrogen and oxygen atoms in total. The van der Waals surface area contributed by atoms with E-state index in [-0.39, 0.29) is 24.3 Å². The highest BCUT2D eigenvalue weighted by molar-refractivity contribution is 5.88. The van der Waals surface area contributed by atoms with Crippen LogP contribution in [0.3, 0.4) is 0 Å². The molecule has 1 aliphatic heterocycles. The summed E-state index contributed by atoms with van der Waals surface area (Å²) in [6.45, 7) is 11.9. The van der Waals surface area contributed by atoms with Gasteiger partial charge < -0.3 is 14.4 Å². The Bertz CT molecular complexity index is 791. The van der Waals surface area contributed by atoms with Crippen LogP contribution in [0, 0.1) is 0 Å². The number of pyridine rings is 1. The molecule has 7 heteroatoms. The maximum absolute atomic E-state index is 13.3. The third kappa shape index (κ3) is 5.89. The second kappa shape index (κ2) is 9.05. The molecule has 0 N–H and O–H groups in total. The van der Waals surface area contributed by atoms with Crippen LogP contribution in [0.1, 0.15) is 91.7 Å². The molecule has 2 fully saturated rings. The molecule has 172 valence electrons. The summed E-state index contributed by atoms with van der Waals surface area (Å²) in [6, 6.07) is 3.72. The summed E-state index contributed by atoms with van der Waals surface area (Å²) in [4.78, 5) is 34.3. The van der Waals surface area contributed by atoms with Crippen LogP contribution in [0.5, 0.6) is 0 Å². The average Bonchev–Trinajstić information content (AvgIpc) is 3.31. The van der Waals surface area contributed by atoms with E-state index < -0.39 is 11.2 Å². The van der Waals surface area contributed by atoms with E-state index in [1.807, 2.05) is 53.7 Å². The number of likely N-dealkylation sites (tertiary alicyclic amines) is 1. The Hall–Kier alpha value is -2.31. The number of carbonyl (C=O) groups excluding carboxylic acids is 2. The molecule has 0 unspecified atom stereocenters. The van der Waals surface area contributed by atoms with Crippen LogP contribution in [0.2, 0.25) is 0 Å². The zero-order chi connectivity index (χ0) is 22.8. The normalized spacial score (nSPS) is 20.1. The van der Waals surface area contributed by atoms with Crippen LogP contribution in [-0.2, 0) is 9.47 Å². The van der Waals surface area contributed by atoms with Gasteiger partial charge in [-0.1, -0.05) is 18.9 Å². The summed E-state index contributed by atoms with van der Waals surface area (Å²) in [5.74, 6) is 0.601. The van der Waals surface area contributed by atoms with Gasteiger partial charge in [0.2, 0.25) is 0 Å². The molecule has 2 aliphatic rings. The predicted molar refractivity (Wildman–Crippen MR) is 120 cm³/mol. The third-order valence-corrected chi connectivity index (χ3v) is 5.56. The fourth-order valence-electron chi connectivity index (χ4n) is 4.38. The largest absolute Gasteiger partial charge is 0.444 e. The Labute approximate surface area is 186 Å². The van der Waals surface area contributed by atoms with Crippen LogP contribution < -0.4 is 4.90 Å². The van der Waals surface area contributed by atoms with E-state index in [2.05, 4.69) is 4.98 Å². The van der Waals surface area contributed by atoms with E-state index in [1.165, 1.54) is 0 Å². The Morgan fingerprint density at radius 3 is 2.26 bits per heavy atom. The Balaban J connectivity index is 1.96. The van der Waals surface area contributed by atoms with Gasteiger partial charge in [-0.2, -0.15) is 0 Å². The minimum Gasteiger partial charge on any atom is -0.444 e. The zero-order valence-corrected chi connectivity index (χ0v) is 19.8. The van der Waals surface area contributed by atoms with Crippen LogP contribution in [0.25, 0.3) is 0 Å². The van der Waals surface area contributed by atoms with E-state index in [9.17, 15) is 9.59 Å². The molecule has 0 aromatic carbocycles. The SMILES string of the molecule is CC(C)(C)OC(=O)N(c1ncccc1[C@@H]1CCCN1C(=O)OC(C)(C)C)C1CCCC1. The molecule has 1 aromatic rings. The Kier molecular flexibility index (Phi) is 6.82. The number of nitrogens with zero attached hydrogens (tertiary/aromatic N) is 3. The summed E-state index contributed by atoms with van der Waals surface area (Å²) in [6.07, 6.45) is 6.72. The van der Waals surface area contributed by atoms with Crippen molar-refractivity contribution in [1.82, 2.24) is 9.88 Å². The molecule has 0 radical (unpaired) electrons. The molecular formula is C24H37N3O4. The smallest absolute Gasteiger partial charge is 0.416 e. The van der Waals surface area contributed by atoms with Crippen LogP contribution >= 0.6 is 0 Å². The van der Waals surface area contributed by atoms with Crippen molar-refractivity contribution in [3.8, 4) is 0 Å². The number of carbonyl (C=O) groups is 2. The number of hydrogen-bond acceptors (Lipinski definition) is 5. The van der Waals surface area contributed by atoms with Gasteiger partial charge in [-0.15, -0.1) is 0 Å². The summed E-state index contributed by atoms with van der Waals surface area (Å²) in [5, 5.41) is 0. The van der Waals surface area contributed by atoms with Gasteiger partial charge >= 0.3 is 12.2 Å². The number of rotatable bonds is 3. The van der Waals surface area contributed by atoms with Gasteiger partial charge in [0, 0.05) is 24.3 Å². The Morgan fingerprint density at radius 1 is 1.00 bits per heavy atom. The third-order valence-electron chi connectivity index (χ3n) is 5.56. The fraction of sp³-hybridized carbons (Fsp3) is 0.708. The van der Waals surface area contributed by atoms with Crippen LogP contribution in [0.15, 0.2) is 18.3 Å². The number of hydrogen-bond donors (Lipinski definition) is 0. The molecule has 1 atom stereocenters. The molecule has 2 heterocycles. The molecule has 31 heavy (non-hydrogen) atoms. The van der Waals surface area contributed by atoms with Crippen molar-refractivity contribution in [3.05, 3.63) is 23.9 Å². The van der Waals surface area contributed by atoms with Gasteiger partial charge in [0.1, 0.15) is 17.0 Å². The first-order valence-corrected chi connectivity index (χ1v) is 11.4. The molecular weight excluding hydrogens is 394 g/mol. The van der Waals surface area contributed by atoms with Crippen LogP contribution in [0.4, 0.5) is 15.4 Å². The highest BCUT2D eigenvalue weighted by Crippen LogP contribution is 2.39. The lowest BCUT2D eigenvalue weighted by atomic mass is 10.0. The molecule has 3 rings (SSSR count). The predicted octanol–water partition coefficient (Wildman–Crippen LogP) is 5.84. The summed E-state index contributed by atoms with van der Waals surface area (Å²) in [7, 11) is 0. The van der Waals surface area contributed by atoms with E-state index in [1.54, 1.807) is 16.0 Å². The van der Waals surface area contributed by atoms with Gasteiger partial charge in [0.25, 0.3) is 0 Å². The molecule has 1 saturated carbocycles. The topological polar surface area (TPSA) is 72.0 Å². The minimum absolute atomic E-state index is 0.0554. The van der Waals surface area contributed by atoms with Gasteiger partial charge in [-0.3, -0.25) is 4.90 Å². The van der Waals surface area contributed by atoms with Gasteiger partial charge in [0.15, 0.2) is 0 Å². The van der Waals surface area contributed by atoms with E-state index >= 15 is 0 Å². The first-order valence-electron chi connectivity index (χ1n) is 11.4. The first-order chi connectivity index (χ1) is 14.5. The van der Waals surface area contributed by atoms with Crippen molar-refractivity contribution >= 4 is 18.0 Å². The van der Waals surface area contributed by atoms with Crippen molar-refractivity contribution in [1.29, 1.82) is 0 Å². The van der Waals surface area contributed by atoms with Crippen molar-refractivity contribution in [3.63, 3.8) is 0 Å². The minimum atomic E-state index is -0.598. The molecule has 0 spiro atoms. The molecule has 1 saturated heterocycles.